The van der Waals surface area contributed by atoms with Crippen molar-refractivity contribution in [2.24, 2.45) is 11.3 Å². The Kier molecular flexibility index (Phi) is 3.33. The molecule has 3 rings (SSSR count). The first-order chi connectivity index (χ1) is 9.53. The molecule has 20 heavy (non-hydrogen) atoms. The van der Waals surface area contributed by atoms with Crippen LogP contribution in [0.3, 0.4) is 0 Å². The fraction of sp³-hybridized carbons (Fsp3) is 0.444. The lowest BCUT2D eigenvalue weighted by atomic mass is 9.91. The number of hydrogen-bond donors (Lipinski definition) is 1. The summed E-state index contributed by atoms with van der Waals surface area (Å²) in [7, 11) is 0. The number of nitrogens with zero attached hydrogens (tertiary/aromatic N) is 1. The van der Waals surface area contributed by atoms with Crippen LogP contribution in [0.2, 0.25) is 0 Å². The molecule has 0 aliphatic heterocycles. The Balaban J connectivity index is 1.77. The molecule has 0 bridgehead atoms. The van der Waals surface area contributed by atoms with Crippen LogP contribution in [0.25, 0.3) is 5.69 Å². The second-order valence-corrected chi connectivity index (χ2v) is 6.94. The molecule has 0 radical (unpaired) electrons. The number of rotatable bonds is 3. The lowest BCUT2D eigenvalue weighted by Crippen LogP contribution is -2.22. The van der Waals surface area contributed by atoms with Crippen molar-refractivity contribution < 1.29 is 0 Å². The maximum Gasteiger partial charge on any atom is 0.0469 e. The molecule has 2 unspecified atom stereocenters. The van der Waals surface area contributed by atoms with Gasteiger partial charge >= 0.3 is 0 Å². The highest BCUT2D eigenvalue weighted by Gasteiger charge is 2.36. The average Bonchev–Trinajstić information content (AvgIpc) is 2.98. The zero-order chi connectivity index (χ0) is 14.2. The van der Waals surface area contributed by atoms with Gasteiger partial charge in [-0.3, -0.25) is 0 Å². The second-order valence-electron chi connectivity index (χ2n) is 6.94. The van der Waals surface area contributed by atoms with Gasteiger partial charge in [0.05, 0.1) is 0 Å². The van der Waals surface area contributed by atoms with E-state index >= 15 is 0 Å². The summed E-state index contributed by atoms with van der Waals surface area (Å²) in [5.74, 6) is 0.736. The highest BCUT2D eigenvalue weighted by molar-refractivity contribution is 5.52. The number of nitrogens with one attached hydrogen (secondary N) is 1. The number of benzene rings is 1. The van der Waals surface area contributed by atoms with Crippen molar-refractivity contribution in [2.45, 2.75) is 39.7 Å². The summed E-state index contributed by atoms with van der Waals surface area (Å²) >= 11 is 0. The van der Waals surface area contributed by atoms with Gasteiger partial charge in [0, 0.05) is 29.8 Å². The lowest BCUT2D eigenvalue weighted by molar-refractivity contribution is 0.366. The van der Waals surface area contributed by atoms with Crippen molar-refractivity contribution in [3.63, 3.8) is 0 Å². The predicted molar refractivity (Wildman–Crippen MR) is 85.4 cm³/mol. The Hall–Kier alpha value is -1.70. The minimum Gasteiger partial charge on any atom is -0.382 e. The van der Waals surface area contributed by atoms with Gasteiger partial charge in [-0.2, -0.15) is 0 Å². The summed E-state index contributed by atoms with van der Waals surface area (Å²) in [5.41, 5.74) is 2.91. The molecule has 2 heteroatoms. The van der Waals surface area contributed by atoms with Crippen LogP contribution in [-0.4, -0.2) is 10.6 Å². The van der Waals surface area contributed by atoms with Crippen LogP contribution in [-0.2, 0) is 0 Å². The van der Waals surface area contributed by atoms with Gasteiger partial charge in [0.15, 0.2) is 0 Å². The molecule has 0 saturated heterocycles. The topological polar surface area (TPSA) is 17.0 Å². The van der Waals surface area contributed by atoms with Gasteiger partial charge in [-0.1, -0.05) is 26.8 Å². The van der Waals surface area contributed by atoms with Crippen molar-refractivity contribution in [3.8, 4) is 5.69 Å². The van der Waals surface area contributed by atoms with Gasteiger partial charge in [-0.25, -0.2) is 0 Å². The predicted octanol–water partition coefficient (Wildman–Crippen LogP) is 4.71. The fourth-order valence-corrected chi connectivity index (χ4v) is 3.56. The van der Waals surface area contributed by atoms with Gasteiger partial charge < -0.3 is 9.88 Å². The summed E-state index contributed by atoms with van der Waals surface area (Å²) in [4.78, 5) is 0. The third-order valence-corrected chi connectivity index (χ3v) is 4.43. The van der Waals surface area contributed by atoms with Gasteiger partial charge in [-0.05, 0) is 54.5 Å². The van der Waals surface area contributed by atoms with Crippen LogP contribution in [0.15, 0.2) is 48.8 Å². The van der Waals surface area contributed by atoms with Crippen molar-refractivity contribution in [2.75, 3.05) is 5.32 Å². The lowest BCUT2D eigenvalue weighted by Gasteiger charge is -2.20. The van der Waals surface area contributed by atoms with E-state index in [9.17, 15) is 0 Å². The van der Waals surface area contributed by atoms with Crippen LogP contribution in [0, 0.1) is 11.3 Å². The summed E-state index contributed by atoms with van der Waals surface area (Å²) in [6, 6.07) is 13.4. The first-order valence-corrected chi connectivity index (χ1v) is 7.53. The third kappa shape index (κ3) is 2.74. The van der Waals surface area contributed by atoms with Crippen LogP contribution in [0.4, 0.5) is 5.69 Å². The fourth-order valence-electron chi connectivity index (χ4n) is 3.56. The van der Waals surface area contributed by atoms with Crippen LogP contribution in [0.5, 0.6) is 0 Å². The van der Waals surface area contributed by atoms with E-state index in [4.69, 9.17) is 0 Å². The van der Waals surface area contributed by atoms with Crippen LogP contribution >= 0.6 is 0 Å². The van der Waals surface area contributed by atoms with Gasteiger partial charge in [-0.15, -0.1) is 0 Å². The largest absolute Gasteiger partial charge is 0.382 e. The van der Waals surface area contributed by atoms with E-state index in [0.717, 1.165) is 5.92 Å². The Morgan fingerprint density at radius 2 is 1.85 bits per heavy atom. The summed E-state index contributed by atoms with van der Waals surface area (Å²) < 4.78 is 2.15. The number of aromatic nitrogens is 1. The zero-order valence-electron chi connectivity index (χ0n) is 12.6. The Morgan fingerprint density at radius 1 is 1.10 bits per heavy atom. The summed E-state index contributed by atoms with van der Waals surface area (Å²) in [5, 5.41) is 3.74. The molecule has 1 saturated carbocycles. The molecular formula is C18H24N2. The molecule has 2 nitrogen and oxygen atoms in total. The Morgan fingerprint density at radius 3 is 2.50 bits per heavy atom. The van der Waals surface area contributed by atoms with E-state index in [-0.39, 0.29) is 0 Å². The van der Waals surface area contributed by atoms with Gasteiger partial charge in [0.2, 0.25) is 0 Å². The molecule has 1 heterocycles. The van der Waals surface area contributed by atoms with E-state index in [1.54, 1.807) is 0 Å². The molecule has 0 spiro atoms. The standard InChI is InChI=1S/C18H24N2/c1-14-12-18(2,3)13-17(14)19-15-7-6-8-16(11-15)20-9-4-5-10-20/h4-11,14,17,19H,12-13H2,1-3H3. The van der Waals surface area contributed by atoms with Crippen molar-refractivity contribution >= 4 is 5.69 Å². The van der Waals surface area contributed by atoms with Crippen molar-refractivity contribution in [1.82, 2.24) is 4.57 Å². The SMILES string of the molecule is CC1CC(C)(C)CC1Nc1cccc(-n2cccc2)c1. The van der Waals surface area contributed by atoms with E-state index < -0.39 is 0 Å². The molecule has 2 aromatic rings. The third-order valence-electron chi connectivity index (χ3n) is 4.43. The summed E-state index contributed by atoms with van der Waals surface area (Å²) in [6.07, 6.45) is 6.73. The smallest absolute Gasteiger partial charge is 0.0469 e. The first kappa shape index (κ1) is 13.3. The highest BCUT2D eigenvalue weighted by Crippen LogP contribution is 2.42. The van der Waals surface area contributed by atoms with E-state index in [1.807, 2.05) is 0 Å². The second kappa shape index (κ2) is 5.01. The molecule has 106 valence electrons. The number of anilines is 1. The minimum absolute atomic E-state index is 0.467. The maximum atomic E-state index is 3.74. The maximum absolute atomic E-state index is 3.74. The minimum atomic E-state index is 0.467. The molecule has 0 amide bonds. The van der Waals surface area contributed by atoms with Crippen molar-refractivity contribution in [1.29, 1.82) is 0 Å². The zero-order valence-corrected chi connectivity index (χ0v) is 12.6. The van der Waals surface area contributed by atoms with Crippen molar-refractivity contribution in [3.05, 3.63) is 48.8 Å². The van der Waals surface area contributed by atoms with E-state index in [1.165, 1.54) is 24.2 Å². The van der Waals surface area contributed by atoms with E-state index in [0.29, 0.717) is 11.5 Å². The van der Waals surface area contributed by atoms with Gasteiger partial charge in [0.1, 0.15) is 0 Å². The molecular weight excluding hydrogens is 244 g/mol. The quantitative estimate of drug-likeness (QED) is 0.852. The first-order valence-electron chi connectivity index (χ1n) is 7.53. The molecule has 1 aliphatic rings. The van der Waals surface area contributed by atoms with E-state index in [2.05, 4.69) is 79.4 Å². The Labute approximate surface area is 121 Å². The monoisotopic (exact) mass is 268 g/mol. The molecule has 1 aromatic carbocycles. The molecule has 1 fully saturated rings. The molecule has 2 atom stereocenters. The average molecular weight is 268 g/mol. The molecule has 1 aliphatic carbocycles. The Bertz CT molecular complexity index is 569. The number of hydrogen-bond acceptors (Lipinski definition) is 1. The van der Waals surface area contributed by atoms with Crippen LogP contribution in [0.1, 0.15) is 33.6 Å². The van der Waals surface area contributed by atoms with Gasteiger partial charge in [0.25, 0.3) is 0 Å². The summed E-state index contributed by atoms with van der Waals surface area (Å²) in [6.45, 7) is 7.12. The van der Waals surface area contributed by atoms with Crippen LogP contribution < -0.4 is 5.32 Å². The molecule has 1 aromatic heterocycles. The highest BCUT2D eigenvalue weighted by atomic mass is 15.0. The molecule has 1 N–H and O–H groups in total. The normalized spacial score (nSPS) is 24.8.